The van der Waals surface area contributed by atoms with Crippen molar-refractivity contribution in [1.82, 2.24) is 9.55 Å². The lowest BCUT2D eigenvalue weighted by Crippen LogP contribution is -2.28. The number of ether oxygens (including phenoxy) is 1. The number of nitrogen functional groups attached to an aromatic ring is 1. The molecule has 1 aromatic heterocycles. The lowest BCUT2D eigenvalue weighted by Gasteiger charge is -2.14. The summed E-state index contributed by atoms with van der Waals surface area (Å²) in [7, 11) is 0. The molecule has 1 aromatic rings. The van der Waals surface area contributed by atoms with E-state index in [1.165, 1.54) is 12.3 Å². The molecule has 6 nitrogen and oxygen atoms in total. The molecule has 1 aliphatic rings. The van der Waals surface area contributed by atoms with Gasteiger partial charge in [-0.25, -0.2) is 13.6 Å². The van der Waals surface area contributed by atoms with Gasteiger partial charge in [-0.05, 0) is 6.07 Å². The number of anilines is 1. The standard InChI is InChI=1S/C10H11F2N3O3/c11-3-5-8(12)6(4-16)18-9(5)15-2-1-7(13)14-10(15)17/h1-3,6,8-9,16H,4H2,(H2,13,14,17)/b5-3+. The Bertz CT molecular complexity index is 531. The number of aromatic nitrogens is 2. The van der Waals surface area contributed by atoms with Crippen molar-refractivity contribution in [3.63, 3.8) is 0 Å². The molecule has 3 atom stereocenters. The van der Waals surface area contributed by atoms with Crippen LogP contribution in [0.2, 0.25) is 0 Å². The van der Waals surface area contributed by atoms with Gasteiger partial charge in [0.05, 0.1) is 12.9 Å². The van der Waals surface area contributed by atoms with E-state index in [0.717, 1.165) is 4.57 Å². The molecule has 1 saturated heterocycles. The van der Waals surface area contributed by atoms with Crippen LogP contribution in [-0.4, -0.2) is 33.5 Å². The van der Waals surface area contributed by atoms with Crippen LogP contribution in [0.4, 0.5) is 14.6 Å². The number of rotatable bonds is 2. The van der Waals surface area contributed by atoms with E-state index in [0.29, 0.717) is 0 Å². The molecular formula is C10H11F2N3O3. The van der Waals surface area contributed by atoms with Crippen molar-refractivity contribution in [3.8, 4) is 0 Å². The van der Waals surface area contributed by atoms with Gasteiger partial charge in [0.1, 0.15) is 11.9 Å². The van der Waals surface area contributed by atoms with Crippen LogP contribution in [0.1, 0.15) is 6.23 Å². The molecule has 0 saturated carbocycles. The first-order valence-corrected chi connectivity index (χ1v) is 5.13. The summed E-state index contributed by atoms with van der Waals surface area (Å²) in [4.78, 5) is 15.0. The third-order valence-electron chi connectivity index (χ3n) is 2.64. The molecule has 0 bridgehead atoms. The fourth-order valence-corrected chi connectivity index (χ4v) is 1.74. The summed E-state index contributed by atoms with van der Waals surface area (Å²) in [5.74, 6) is -0.00414. The van der Waals surface area contributed by atoms with Crippen LogP contribution in [0.15, 0.2) is 29.0 Å². The molecule has 1 fully saturated rings. The summed E-state index contributed by atoms with van der Waals surface area (Å²) in [6.45, 7) is -0.619. The maximum atomic E-state index is 13.6. The van der Waals surface area contributed by atoms with E-state index >= 15 is 0 Å². The number of nitrogens with two attached hydrogens (primary N) is 1. The van der Waals surface area contributed by atoms with Gasteiger partial charge in [-0.15, -0.1) is 0 Å². The Morgan fingerprint density at radius 3 is 2.94 bits per heavy atom. The van der Waals surface area contributed by atoms with Crippen LogP contribution in [0, 0.1) is 0 Å². The maximum Gasteiger partial charge on any atom is 0.351 e. The number of halogens is 2. The minimum Gasteiger partial charge on any atom is -0.394 e. The minimum atomic E-state index is -1.81. The second-order valence-corrected chi connectivity index (χ2v) is 3.76. The molecular weight excluding hydrogens is 248 g/mol. The summed E-state index contributed by atoms with van der Waals surface area (Å²) >= 11 is 0. The third-order valence-corrected chi connectivity index (χ3v) is 2.64. The number of aliphatic hydroxyl groups is 1. The first kappa shape index (κ1) is 12.7. The average molecular weight is 259 g/mol. The van der Waals surface area contributed by atoms with Gasteiger partial charge in [-0.1, -0.05) is 0 Å². The largest absolute Gasteiger partial charge is 0.394 e. The predicted octanol–water partition coefficient (Wildman–Crippen LogP) is -0.0933. The van der Waals surface area contributed by atoms with E-state index in [1.54, 1.807) is 0 Å². The first-order chi connectivity index (χ1) is 8.58. The zero-order valence-corrected chi connectivity index (χ0v) is 9.16. The van der Waals surface area contributed by atoms with Crippen molar-refractivity contribution in [2.24, 2.45) is 0 Å². The molecule has 2 rings (SSSR count). The maximum absolute atomic E-state index is 13.6. The summed E-state index contributed by atoms with van der Waals surface area (Å²) in [6, 6.07) is 1.31. The summed E-state index contributed by atoms with van der Waals surface area (Å²) in [5, 5.41) is 8.89. The molecule has 3 unspecified atom stereocenters. The Morgan fingerprint density at radius 1 is 1.67 bits per heavy atom. The SMILES string of the molecule is Nc1ccn(C2OC(CO)C(F)/C2=C\F)c(=O)n1. The molecule has 3 N–H and O–H groups in total. The zero-order valence-electron chi connectivity index (χ0n) is 9.16. The molecule has 2 heterocycles. The molecule has 0 radical (unpaired) electrons. The number of aliphatic hydroxyl groups excluding tert-OH is 1. The summed E-state index contributed by atoms with van der Waals surface area (Å²) in [6.07, 6.45) is -3.02. The number of alkyl halides is 1. The zero-order chi connectivity index (χ0) is 13.3. The van der Waals surface area contributed by atoms with Gasteiger partial charge in [0.25, 0.3) is 0 Å². The molecule has 8 heteroatoms. The second-order valence-electron chi connectivity index (χ2n) is 3.76. The van der Waals surface area contributed by atoms with E-state index in [-0.39, 0.29) is 17.7 Å². The highest BCUT2D eigenvalue weighted by Gasteiger charge is 2.41. The monoisotopic (exact) mass is 259 g/mol. The number of hydrogen-bond acceptors (Lipinski definition) is 5. The van der Waals surface area contributed by atoms with E-state index < -0.39 is 30.8 Å². The Labute approximate surface area is 100 Å². The molecule has 98 valence electrons. The molecule has 0 spiro atoms. The van der Waals surface area contributed by atoms with Crippen LogP contribution in [0.25, 0.3) is 0 Å². The minimum absolute atomic E-state index is 0.00414. The van der Waals surface area contributed by atoms with Crippen molar-refractivity contribution < 1.29 is 18.6 Å². The van der Waals surface area contributed by atoms with Gasteiger partial charge in [-0.3, -0.25) is 4.57 Å². The van der Waals surface area contributed by atoms with Gasteiger partial charge in [-0.2, -0.15) is 4.98 Å². The smallest absolute Gasteiger partial charge is 0.351 e. The van der Waals surface area contributed by atoms with Crippen molar-refractivity contribution in [2.45, 2.75) is 18.5 Å². The van der Waals surface area contributed by atoms with E-state index in [2.05, 4.69) is 4.98 Å². The lowest BCUT2D eigenvalue weighted by atomic mass is 10.1. The van der Waals surface area contributed by atoms with Gasteiger partial charge in [0.2, 0.25) is 0 Å². The summed E-state index contributed by atoms with van der Waals surface area (Å²) in [5.41, 5.74) is 4.15. The highest BCUT2D eigenvalue weighted by Crippen LogP contribution is 2.35. The van der Waals surface area contributed by atoms with Gasteiger partial charge in [0.15, 0.2) is 12.4 Å². The van der Waals surface area contributed by atoms with Crippen molar-refractivity contribution in [2.75, 3.05) is 12.3 Å². The van der Waals surface area contributed by atoms with Crippen LogP contribution >= 0.6 is 0 Å². The Hall–Kier alpha value is -1.80. The Kier molecular flexibility index (Phi) is 3.39. The Morgan fingerprint density at radius 2 is 2.39 bits per heavy atom. The number of hydrogen-bond donors (Lipinski definition) is 2. The summed E-state index contributed by atoms with van der Waals surface area (Å²) < 4.78 is 32.3. The van der Waals surface area contributed by atoms with Crippen molar-refractivity contribution in [1.29, 1.82) is 0 Å². The van der Waals surface area contributed by atoms with Crippen LogP contribution in [0.5, 0.6) is 0 Å². The second kappa shape index (κ2) is 4.83. The quantitative estimate of drug-likeness (QED) is 0.774. The fraction of sp³-hybridized carbons (Fsp3) is 0.400. The Balaban J connectivity index is 2.41. The van der Waals surface area contributed by atoms with E-state index in [9.17, 15) is 13.6 Å². The van der Waals surface area contributed by atoms with Crippen molar-refractivity contribution >= 4 is 5.82 Å². The van der Waals surface area contributed by atoms with Gasteiger partial charge >= 0.3 is 5.69 Å². The molecule has 0 amide bonds. The molecule has 18 heavy (non-hydrogen) atoms. The van der Waals surface area contributed by atoms with Gasteiger partial charge < -0.3 is 15.6 Å². The third kappa shape index (κ3) is 2.00. The molecule has 1 aliphatic heterocycles. The lowest BCUT2D eigenvalue weighted by molar-refractivity contribution is -0.0322. The fourth-order valence-electron chi connectivity index (χ4n) is 1.74. The predicted molar refractivity (Wildman–Crippen MR) is 58.0 cm³/mol. The highest BCUT2D eigenvalue weighted by molar-refractivity contribution is 5.25. The first-order valence-electron chi connectivity index (χ1n) is 5.13. The van der Waals surface area contributed by atoms with E-state index in [1.807, 2.05) is 0 Å². The topological polar surface area (TPSA) is 90.4 Å². The molecule has 0 aromatic carbocycles. The number of nitrogens with zero attached hydrogens (tertiary/aromatic N) is 2. The van der Waals surface area contributed by atoms with Crippen LogP contribution < -0.4 is 11.4 Å². The normalized spacial score (nSPS) is 29.9. The van der Waals surface area contributed by atoms with Gasteiger partial charge in [0, 0.05) is 11.8 Å². The highest BCUT2D eigenvalue weighted by atomic mass is 19.1. The molecule has 0 aliphatic carbocycles. The van der Waals surface area contributed by atoms with E-state index in [4.69, 9.17) is 15.6 Å². The van der Waals surface area contributed by atoms with Crippen molar-refractivity contribution in [3.05, 3.63) is 34.7 Å². The van der Waals surface area contributed by atoms with Crippen LogP contribution in [-0.2, 0) is 4.74 Å². The average Bonchev–Trinajstić information content (AvgIpc) is 2.65. The van der Waals surface area contributed by atoms with Crippen LogP contribution in [0.3, 0.4) is 0 Å².